The molecule has 0 radical (unpaired) electrons. The van der Waals surface area contributed by atoms with Crippen LogP contribution < -0.4 is 5.32 Å². The van der Waals surface area contributed by atoms with Crippen molar-refractivity contribution in [3.8, 4) is 0 Å². The smallest absolute Gasteiger partial charge is 0.0965 e. The van der Waals surface area contributed by atoms with Gasteiger partial charge in [-0.3, -0.25) is 0 Å². The molecule has 1 aliphatic heterocycles. The van der Waals surface area contributed by atoms with E-state index in [0.717, 1.165) is 30.5 Å². The highest BCUT2D eigenvalue weighted by Crippen LogP contribution is 2.15. The molecule has 1 fully saturated rings. The van der Waals surface area contributed by atoms with Crippen molar-refractivity contribution in [2.24, 2.45) is 0 Å². The second-order valence-electron chi connectivity index (χ2n) is 4.88. The third-order valence-electron chi connectivity index (χ3n) is 3.32. The molecule has 4 heteroatoms. The van der Waals surface area contributed by atoms with E-state index in [0.29, 0.717) is 19.3 Å². The minimum Gasteiger partial charge on any atom is -0.376 e. The van der Waals surface area contributed by atoms with Gasteiger partial charge in [0.05, 0.1) is 25.9 Å². The van der Waals surface area contributed by atoms with Gasteiger partial charge in [-0.1, -0.05) is 35.0 Å². The molecule has 0 spiro atoms. The first kappa shape index (κ1) is 15.0. The molecule has 2 unspecified atom stereocenters. The Kier molecular flexibility index (Phi) is 6.31. The van der Waals surface area contributed by atoms with E-state index in [1.54, 1.807) is 0 Å². The van der Waals surface area contributed by atoms with Gasteiger partial charge in [-0.15, -0.1) is 0 Å². The van der Waals surface area contributed by atoms with Gasteiger partial charge in [0.1, 0.15) is 0 Å². The number of hydrogen-bond acceptors (Lipinski definition) is 3. The molecule has 1 aromatic rings. The van der Waals surface area contributed by atoms with Gasteiger partial charge >= 0.3 is 0 Å². The van der Waals surface area contributed by atoms with Gasteiger partial charge in [0.25, 0.3) is 0 Å². The van der Waals surface area contributed by atoms with E-state index >= 15 is 0 Å². The van der Waals surface area contributed by atoms with Crippen molar-refractivity contribution >= 4 is 15.9 Å². The van der Waals surface area contributed by atoms with E-state index in [4.69, 9.17) is 9.47 Å². The number of rotatable bonds is 6. The third kappa shape index (κ3) is 4.88. The average Bonchev–Trinajstić information content (AvgIpc) is 2.46. The average molecular weight is 328 g/mol. The minimum absolute atomic E-state index is 0.156. The molecule has 1 N–H and O–H groups in total. The highest BCUT2D eigenvalue weighted by Gasteiger charge is 2.24. The largest absolute Gasteiger partial charge is 0.376 e. The van der Waals surface area contributed by atoms with E-state index < -0.39 is 0 Å². The molecule has 0 saturated carbocycles. The van der Waals surface area contributed by atoms with E-state index in [9.17, 15) is 0 Å². The van der Waals surface area contributed by atoms with Crippen LogP contribution in [0.3, 0.4) is 0 Å². The molecule has 0 amide bonds. The number of benzene rings is 1. The van der Waals surface area contributed by atoms with Crippen LogP contribution in [0, 0.1) is 0 Å². The molecule has 3 nitrogen and oxygen atoms in total. The zero-order chi connectivity index (χ0) is 13.5. The lowest BCUT2D eigenvalue weighted by atomic mass is 10.0. The van der Waals surface area contributed by atoms with Crippen LogP contribution in [0.1, 0.15) is 18.9 Å². The van der Waals surface area contributed by atoms with Crippen molar-refractivity contribution in [1.82, 2.24) is 5.32 Å². The maximum atomic E-state index is 5.84. The van der Waals surface area contributed by atoms with Crippen LogP contribution in [0.25, 0.3) is 0 Å². The molecule has 1 heterocycles. The number of halogens is 1. The van der Waals surface area contributed by atoms with Crippen LogP contribution in [-0.4, -0.2) is 38.5 Å². The van der Waals surface area contributed by atoms with Gasteiger partial charge in [-0.2, -0.15) is 0 Å². The van der Waals surface area contributed by atoms with Gasteiger partial charge in [0, 0.05) is 10.5 Å². The predicted molar refractivity (Wildman–Crippen MR) is 80.5 cm³/mol. The maximum absolute atomic E-state index is 5.84. The van der Waals surface area contributed by atoms with Gasteiger partial charge in [0.15, 0.2) is 0 Å². The van der Waals surface area contributed by atoms with Gasteiger partial charge in [-0.25, -0.2) is 0 Å². The Morgan fingerprint density at radius 1 is 1.32 bits per heavy atom. The molecule has 1 aromatic carbocycles. The summed E-state index contributed by atoms with van der Waals surface area (Å²) >= 11 is 3.47. The normalized spacial score (nSPS) is 21.3. The molecule has 0 aromatic heterocycles. The first-order chi connectivity index (χ1) is 9.29. The van der Waals surface area contributed by atoms with Gasteiger partial charge in [-0.05, 0) is 37.1 Å². The van der Waals surface area contributed by atoms with Crippen LogP contribution >= 0.6 is 15.9 Å². The van der Waals surface area contributed by atoms with Crippen molar-refractivity contribution in [3.63, 3.8) is 0 Å². The van der Waals surface area contributed by atoms with Crippen molar-refractivity contribution in [2.75, 3.05) is 26.4 Å². The van der Waals surface area contributed by atoms with Crippen molar-refractivity contribution in [1.29, 1.82) is 0 Å². The maximum Gasteiger partial charge on any atom is 0.0965 e. The zero-order valence-corrected chi connectivity index (χ0v) is 13.0. The fourth-order valence-corrected chi connectivity index (χ4v) is 2.54. The van der Waals surface area contributed by atoms with Crippen LogP contribution in [0.2, 0.25) is 0 Å². The lowest BCUT2D eigenvalue weighted by Gasteiger charge is -2.31. The summed E-state index contributed by atoms with van der Waals surface area (Å²) in [6, 6.07) is 8.82. The Morgan fingerprint density at radius 3 is 2.74 bits per heavy atom. The molecule has 106 valence electrons. The van der Waals surface area contributed by atoms with Crippen molar-refractivity contribution in [2.45, 2.75) is 31.9 Å². The molecule has 0 bridgehead atoms. The third-order valence-corrected chi connectivity index (χ3v) is 3.84. The van der Waals surface area contributed by atoms with Crippen LogP contribution in [0.15, 0.2) is 28.7 Å². The SMILES string of the molecule is CCCNC(Cc1ccc(Br)cc1)C1COCCO1. The molecule has 2 rings (SSSR count). The van der Waals surface area contributed by atoms with Crippen molar-refractivity contribution < 1.29 is 9.47 Å². The van der Waals surface area contributed by atoms with Gasteiger partial charge < -0.3 is 14.8 Å². The summed E-state index contributed by atoms with van der Waals surface area (Å²) in [6.07, 6.45) is 2.26. The van der Waals surface area contributed by atoms with Gasteiger partial charge in [0.2, 0.25) is 0 Å². The molecule has 2 atom stereocenters. The molecule has 19 heavy (non-hydrogen) atoms. The second-order valence-corrected chi connectivity index (χ2v) is 5.79. The number of hydrogen-bond donors (Lipinski definition) is 1. The minimum atomic E-state index is 0.156. The summed E-state index contributed by atoms with van der Waals surface area (Å²) in [5, 5.41) is 3.59. The monoisotopic (exact) mass is 327 g/mol. The van der Waals surface area contributed by atoms with E-state index in [-0.39, 0.29) is 6.10 Å². The molecular formula is C15H22BrNO2. The summed E-state index contributed by atoms with van der Waals surface area (Å²) in [7, 11) is 0. The van der Waals surface area contributed by atoms with Crippen molar-refractivity contribution in [3.05, 3.63) is 34.3 Å². The second kappa shape index (κ2) is 8.00. The first-order valence-electron chi connectivity index (χ1n) is 6.96. The lowest BCUT2D eigenvalue weighted by molar-refractivity contribution is -0.101. The first-order valence-corrected chi connectivity index (χ1v) is 7.76. The quantitative estimate of drug-likeness (QED) is 0.871. The predicted octanol–water partition coefficient (Wildman–Crippen LogP) is 2.78. The molecule has 1 aliphatic rings. The summed E-state index contributed by atoms with van der Waals surface area (Å²) in [6.45, 7) is 5.31. The zero-order valence-electron chi connectivity index (χ0n) is 11.4. The van der Waals surface area contributed by atoms with E-state index in [1.165, 1.54) is 5.56 Å². The molecule has 0 aliphatic carbocycles. The summed E-state index contributed by atoms with van der Waals surface area (Å²) in [5.74, 6) is 0. The van der Waals surface area contributed by atoms with Crippen LogP contribution in [-0.2, 0) is 15.9 Å². The van der Waals surface area contributed by atoms with E-state index in [2.05, 4.69) is 52.4 Å². The highest BCUT2D eigenvalue weighted by atomic mass is 79.9. The Labute approximate surface area is 123 Å². The number of nitrogens with one attached hydrogen (secondary N) is 1. The Bertz CT molecular complexity index is 363. The number of ether oxygens (including phenoxy) is 2. The molecule has 1 saturated heterocycles. The summed E-state index contributed by atoms with van der Waals surface area (Å²) in [4.78, 5) is 0. The van der Waals surface area contributed by atoms with Crippen LogP contribution in [0.4, 0.5) is 0 Å². The van der Waals surface area contributed by atoms with E-state index in [1.807, 2.05) is 0 Å². The lowest BCUT2D eigenvalue weighted by Crippen LogP contribution is -2.48. The highest BCUT2D eigenvalue weighted by molar-refractivity contribution is 9.10. The summed E-state index contributed by atoms with van der Waals surface area (Å²) in [5.41, 5.74) is 1.32. The fourth-order valence-electron chi connectivity index (χ4n) is 2.28. The summed E-state index contributed by atoms with van der Waals surface area (Å²) < 4.78 is 12.5. The van der Waals surface area contributed by atoms with Crippen LogP contribution in [0.5, 0.6) is 0 Å². The Hall–Kier alpha value is -0.420. The Morgan fingerprint density at radius 2 is 2.11 bits per heavy atom. The topological polar surface area (TPSA) is 30.5 Å². The standard InChI is InChI=1S/C15H22BrNO2/c1-2-7-17-14(15-11-18-8-9-19-15)10-12-3-5-13(16)6-4-12/h3-6,14-15,17H,2,7-11H2,1H3. The molecular weight excluding hydrogens is 306 g/mol. The fraction of sp³-hybridized carbons (Fsp3) is 0.600. The Balaban J connectivity index is 1.97.